The normalized spacial score (nSPS) is 12.2. The third-order valence-corrected chi connectivity index (χ3v) is 8.16. The predicted octanol–water partition coefficient (Wildman–Crippen LogP) is 11.5. The molecular weight excluding hydrogens is 514 g/mol. The Kier molecular flexibility index (Phi) is 5.51. The van der Waals surface area contributed by atoms with Crippen LogP contribution in [0.2, 0.25) is 0 Å². The highest BCUT2D eigenvalue weighted by Crippen LogP contribution is 2.39. The maximum Gasteiger partial charge on any atom is 0.137 e. The summed E-state index contributed by atoms with van der Waals surface area (Å²) in [6, 6.07) is 42.1. The number of nitrogens with zero attached hydrogens (tertiary/aromatic N) is 1. The minimum atomic E-state index is 0.860. The SMILES string of the molecule is C=Cc1c(/C=C(\C)N(c2ccc3c(c2)oc2ccccc23)c2ccc3oc4ccccc4c3c2)ccc2ccccc12. The summed E-state index contributed by atoms with van der Waals surface area (Å²) in [4.78, 5) is 2.29. The number of furan rings is 2. The number of hydrogen-bond acceptors (Lipinski definition) is 3. The van der Waals surface area contributed by atoms with E-state index >= 15 is 0 Å². The zero-order chi connectivity index (χ0) is 28.2. The van der Waals surface area contributed by atoms with E-state index in [2.05, 4.69) is 122 Å². The zero-order valence-electron chi connectivity index (χ0n) is 23.2. The van der Waals surface area contributed by atoms with Crippen molar-refractivity contribution >= 4 is 78.2 Å². The molecule has 0 saturated heterocycles. The smallest absolute Gasteiger partial charge is 0.137 e. The van der Waals surface area contributed by atoms with Crippen LogP contribution in [0.5, 0.6) is 0 Å². The van der Waals surface area contributed by atoms with E-state index < -0.39 is 0 Å². The Labute approximate surface area is 243 Å². The third kappa shape index (κ3) is 3.82. The summed E-state index contributed by atoms with van der Waals surface area (Å²) in [7, 11) is 0. The van der Waals surface area contributed by atoms with Gasteiger partial charge in [0.1, 0.15) is 22.3 Å². The maximum absolute atomic E-state index is 6.30. The molecule has 8 rings (SSSR count). The fourth-order valence-corrected chi connectivity index (χ4v) is 6.22. The molecule has 0 radical (unpaired) electrons. The second-order valence-corrected chi connectivity index (χ2v) is 10.7. The van der Waals surface area contributed by atoms with Gasteiger partial charge in [-0.2, -0.15) is 0 Å². The van der Waals surface area contributed by atoms with Gasteiger partial charge in [-0.1, -0.05) is 85.5 Å². The standard InChI is InChI=1S/C39H27NO2/c1-3-30-27(17-16-26-10-4-5-11-31(26)30)22-25(2)40(28-19-21-38-35(23-28)33-13-7-9-15-37(33)41-38)29-18-20-34-32-12-6-8-14-36(32)42-39(34)24-29/h3-24H,1H2,2H3/b25-22+. The Hall–Kier alpha value is -5.54. The molecule has 0 aliphatic heterocycles. The molecule has 6 aromatic carbocycles. The lowest BCUT2D eigenvalue weighted by Gasteiger charge is -2.26. The molecule has 0 atom stereocenters. The molecule has 3 heteroatoms. The van der Waals surface area contributed by atoms with Crippen LogP contribution in [0.3, 0.4) is 0 Å². The molecular formula is C39H27NO2. The molecule has 0 bridgehead atoms. The Morgan fingerprint density at radius 3 is 1.95 bits per heavy atom. The molecule has 8 aromatic rings. The van der Waals surface area contributed by atoms with Gasteiger partial charge in [-0.3, -0.25) is 0 Å². The van der Waals surface area contributed by atoms with Crippen LogP contribution in [-0.4, -0.2) is 0 Å². The first kappa shape index (κ1) is 24.3. The monoisotopic (exact) mass is 541 g/mol. The highest BCUT2D eigenvalue weighted by atomic mass is 16.3. The number of hydrogen-bond donors (Lipinski definition) is 0. The summed E-state index contributed by atoms with van der Waals surface area (Å²) in [6.07, 6.45) is 4.19. The van der Waals surface area contributed by atoms with Gasteiger partial charge in [0.2, 0.25) is 0 Å². The quantitative estimate of drug-likeness (QED) is 0.217. The fourth-order valence-electron chi connectivity index (χ4n) is 6.22. The van der Waals surface area contributed by atoms with Crippen molar-refractivity contribution in [3.8, 4) is 0 Å². The van der Waals surface area contributed by atoms with Crippen LogP contribution in [0.4, 0.5) is 11.4 Å². The maximum atomic E-state index is 6.30. The number of para-hydroxylation sites is 2. The van der Waals surface area contributed by atoms with Crippen molar-refractivity contribution in [2.45, 2.75) is 6.92 Å². The molecule has 0 fully saturated rings. The van der Waals surface area contributed by atoms with E-state index in [0.29, 0.717) is 0 Å². The molecule has 0 N–H and O–H groups in total. The van der Waals surface area contributed by atoms with E-state index in [1.807, 2.05) is 30.3 Å². The van der Waals surface area contributed by atoms with Gasteiger partial charge < -0.3 is 13.7 Å². The Morgan fingerprint density at radius 1 is 0.571 bits per heavy atom. The summed E-state index contributed by atoms with van der Waals surface area (Å²) in [5, 5.41) is 6.81. The van der Waals surface area contributed by atoms with Crippen molar-refractivity contribution in [2.75, 3.05) is 4.90 Å². The average Bonchev–Trinajstić information content (AvgIpc) is 3.59. The molecule has 0 saturated carbocycles. The molecule has 0 aliphatic rings. The van der Waals surface area contributed by atoms with E-state index in [1.165, 1.54) is 10.8 Å². The number of rotatable bonds is 5. The van der Waals surface area contributed by atoms with Crippen LogP contribution >= 0.6 is 0 Å². The molecule has 0 spiro atoms. The minimum Gasteiger partial charge on any atom is -0.456 e. The summed E-state index contributed by atoms with van der Waals surface area (Å²) in [6.45, 7) is 6.31. The molecule has 0 unspecified atom stereocenters. The van der Waals surface area contributed by atoms with Crippen LogP contribution in [0.15, 0.2) is 142 Å². The molecule has 2 aromatic heterocycles. The lowest BCUT2D eigenvalue weighted by molar-refractivity contribution is 0.668. The average molecular weight is 542 g/mol. The second-order valence-electron chi connectivity index (χ2n) is 10.7. The van der Waals surface area contributed by atoms with Crippen molar-refractivity contribution in [1.29, 1.82) is 0 Å². The van der Waals surface area contributed by atoms with Gasteiger partial charge >= 0.3 is 0 Å². The first-order valence-corrected chi connectivity index (χ1v) is 14.1. The summed E-state index contributed by atoms with van der Waals surface area (Å²) in [5.41, 5.74) is 8.87. The lowest BCUT2D eigenvalue weighted by Crippen LogP contribution is -2.14. The van der Waals surface area contributed by atoms with Gasteiger partial charge in [-0.15, -0.1) is 0 Å². The Bertz CT molecular complexity index is 2350. The number of fused-ring (bicyclic) bond motifs is 7. The first-order chi connectivity index (χ1) is 20.7. The molecule has 3 nitrogen and oxygen atoms in total. The minimum absolute atomic E-state index is 0.860. The summed E-state index contributed by atoms with van der Waals surface area (Å²) >= 11 is 0. The highest BCUT2D eigenvalue weighted by molar-refractivity contribution is 6.08. The number of anilines is 2. The van der Waals surface area contributed by atoms with Crippen molar-refractivity contribution < 1.29 is 8.83 Å². The summed E-state index contributed by atoms with van der Waals surface area (Å²) in [5.74, 6) is 0. The fraction of sp³-hybridized carbons (Fsp3) is 0.0256. The molecule has 42 heavy (non-hydrogen) atoms. The molecule has 2 heterocycles. The Morgan fingerprint density at radius 2 is 1.17 bits per heavy atom. The van der Waals surface area contributed by atoms with Crippen molar-refractivity contribution in [3.63, 3.8) is 0 Å². The molecule has 0 amide bonds. The topological polar surface area (TPSA) is 29.5 Å². The predicted molar refractivity (Wildman–Crippen MR) is 177 cm³/mol. The number of benzene rings is 6. The van der Waals surface area contributed by atoms with E-state index in [1.54, 1.807) is 0 Å². The van der Waals surface area contributed by atoms with Gasteiger partial charge in [0.25, 0.3) is 0 Å². The van der Waals surface area contributed by atoms with Crippen LogP contribution in [0.1, 0.15) is 18.1 Å². The van der Waals surface area contributed by atoms with Gasteiger partial charge in [-0.05, 0) is 77.4 Å². The lowest BCUT2D eigenvalue weighted by atomic mass is 9.98. The second kappa shape index (κ2) is 9.53. The Balaban J connectivity index is 1.35. The first-order valence-electron chi connectivity index (χ1n) is 14.1. The van der Waals surface area contributed by atoms with E-state index in [-0.39, 0.29) is 0 Å². The van der Waals surface area contributed by atoms with Gasteiger partial charge in [0, 0.05) is 44.7 Å². The van der Waals surface area contributed by atoms with Crippen LogP contribution in [-0.2, 0) is 0 Å². The van der Waals surface area contributed by atoms with Crippen molar-refractivity contribution in [3.05, 3.63) is 145 Å². The summed E-state index contributed by atoms with van der Waals surface area (Å²) < 4.78 is 12.5. The van der Waals surface area contributed by atoms with E-state index in [0.717, 1.165) is 72.1 Å². The highest BCUT2D eigenvalue weighted by Gasteiger charge is 2.18. The van der Waals surface area contributed by atoms with E-state index in [9.17, 15) is 0 Å². The van der Waals surface area contributed by atoms with Gasteiger partial charge in [-0.25, -0.2) is 0 Å². The molecule has 200 valence electrons. The third-order valence-electron chi connectivity index (χ3n) is 8.16. The van der Waals surface area contributed by atoms with Crippen LogP contribution < -0.4 is 4.90 Å². The van der Waals surface area contributed by atoms with Crippen molar-refractivity contribution in [1.82, 2.24) is 0 Å². The molecule has 0 aliphatic carbocycles. The van der Waals surface area contributed by atoms with Crippen LogP contribution in [0, 0.1) is 0 Å². The number of allylic oxidation sites excluding steroid dienone is 1. The van der Waals surface area contributed by atoms with Crippen LogP contribution in [0.25, 0.3) is 66.8 Å². The van der Waals surface area contributed by atoms with Gasteiger partial charge in [0.05, 0.1) is 0 Å². The van der Waals surface area contributed by atoms with Gasteiger partial charge in [0.15, 0.2) is 0 Å². The van der Waals surface area contributed by atoms with Crippen molar-refractivity contribution in [2.24, 2.45) is 0 Å². The largest absolute Gasteiger partial charge is 0.456 e. The zero-order valence-corrected chi connectivity index (χ0v) is 23.2. The van der Waals surface area contributed by atoms with E-state index in [4.69, 9.17) is 8.83 Å².